The maximum absolute atomic E-state index is 6.03. The van der Waals surface area contributed by atoms with Crippen molar-refractivity contribution in [3.8, 4) is 0 Å². The Hall–Kier alpha value is -0.990. The second-order valence-electron chi connectivity index (χ2n) is 3.76. The molecule has 0 aliphatic carbocycles. The van der Waals surface area contributed by atoms with Gasteiger partial charge in [-0.25, -0.2) is 0 Å². The van der Waals surface area contributed by atoms with Gasteiger partial charge in [0, 0.05) is 6.07 Å². The van der Waals surface area contributed by atoms with Crippen LogP contribution in [0.3, 0.4) is 0 Å². The monoisotopic (exact) mass is 255 g/mol. The van der Waals surface area contributed by atoms with Crippen molar-refractivity contribution >= 4 is 34.1 Å². The number of fused-ring (bicyclic) bond motifs is 1. The Balaban J connectivity index is 2.82. The van der Waals surface area contributed by atoms with E-state index in [0.29, 0.717) is 10.0 Å². The fourth-order valence-electron chi connectivity index (χ4n) is 1.97. The molecule has 2 nitrogen and oxygen atoms in total. The minimum atomic E-state index is 0.584. The first kappa shape index (κ1) is 11.5. The van der Waals surface area contributed by atoms with Gasteiger partial charge in [0.05, 0.1) is 27.7 Å². The first-order chi connectivity index (χ1) is 7.56. The van der Waals surface area contributed by atoms with Gasteiger partial charge in [-0.15, -0.1) is 11.3 Å². The van der Waals surface area contributed by atoms with Gasteiger partial charge in [0.25, 0.3) is 0 Å². The van der Waals surface area contributed by atoms with Crippen LogP contribution in [-0.2, 0) is 13.6 Å². The van der Waals surface area contributed by atoms with E-state index >= 15 is 0 Å². The molecule has 0 saturated heterocycles. The number of aryl methyl sites for hydroxylation is 2. The molecule has 0 radical (unpaired) electrons. The summed E-state index contributed by atoms with van der Waals surface area (Å²) < 4.78 is 4.19. The molecule has 0 amide bonds. The van der Waals surface area contributed by atoms with Gasteiger partial charge >= 0.3 is 0 Å². The molecule has 16 heavy (non-hydrogen) atoms. The molecule has 1 heterocycles. The number of hydrogen-bond donors (Lipinski definition) is 0. The molecule has 0 fully saturated rings. The maximum Gasteiger partial charge on any atom is 0.240 e. The number of hydrogen-bond acceptors (Lipinski definition) is 0. The Morgan fingerprint density at radius 2 is 2.00 bits per heavy atom. The van der Waals surface area contributed by atoms with Crippen molar-refractivity contribution in [1.29, 1.82) is 0 Å². The minimum Gasteiger partial charge on any atom is -0.153 e. The molecule has 0 bridgehead atoms. The molecule has 2 rings (SSSR count). The number of nitrogens with zero attached hydrogens (tertiary/aromatic N) is 2. The van der Waals surface area contributed by atoms with Gasteiger partial charge in [-0.2, -0.15) is 4.68 Å². The van der Waals surface area contributed by atoms with Gasteiger partial charge in [0.15, 0.2) is 7.05 Å². The van der Waals surface area contributed by atoms with Crippen molar-refractivity contribution in [2.75, 3.05) is 0 Å². The SMILES string of the molecule is C=CCn1c(C)c2cc(Cl)c(Cl)cc2[n+]1C. The van der Waals surface area contributed by atoms with Crippen LogP contribution in [0.4, 0.5) is 0 Å². The summed E-state index contributed by atoms with van der Waals surface area (Å²) in [6.45, 7) is 6.59. The lowest BCUT2D eigenvalue weighted by atomic mass is 10.2. The molecule has 0 saturated carbocycles. The second kappa shape index (κ2) is 4.11. The molecular weight excluding hydrogens is 243 g/mol. The summed E-state index contributed by atoms with van der Waals surface area (Å²) in [5.41, 5.74) is 2.24. The lowest BCUT2D eigenvalue weighted by molar-refractivity contribution is -0.730. The predicted octanol–water partition coefficient (Wildman–Crippen LogP) is 3.27. The Bertz CT molecular complexity index is 525. The quantitative estimate of drug-likeness (QED) is 0.576. The summed E-state index contributed by atoms with van der Waals surface area (Å²) in [5, 5.41) is 2.30. The van der Waals surface area contributed by atoms with Gasteiger partial charge < -0.3 is 0 Å². The summed E-state index contributed by atoms with van der Waals surface area (Å²) in [6.07, 6.45) is 1.87. The average molecular weight is 256 g/mol. The van der Waals surface area contributed by atoms with Gasteiger partial charge in [-0.1, -0.05) is 29.3 Å². The van der Waals surface area contributed by atoms with Gasteiger partial charge in [0.2, 0.25) is 5.52 Å². The van der Waals surface area contributed by atoms with E-state index in [2.05, 4.69) is 22.9 Å². The van der Waals surface area contributed by atoms with Crippen LogP contribution in [0, 0.1) is 6.92 Å². The number of rotatable bonds is 2. The van der Waals surface area contributed by atoms with E-state index < -0.39 is 0 Å². The van der Waals surface area contributed by atoms with E-state index in [9.17, 15) is 0 Å². The van der Waals surface area contributed by atoms with E-state index in [-0.39, 0.29) is 0 Å². The zero-order valence-corrected chi connectivity index (χ0v) is 10.8. The van der Waals surface area contributed by atoms with E-state index in [1.165, 1.54) is 0 Å². The van der Waals surface area contributed by atoms with Crippen molar-refractivity contribution in [3.05, 3.63) is 40.5 Å². The predicted molar refractivity (Wildman–Crippen MR) is 68.1 cm³/mol. The van der Waals surface area contributed by atoms with Gasteiger partial charge in [-0.05, 0) is 13.0 Å². The molecule has 0 unspecified atom stereocenters. The molecule has 0 spiro atoms. The second-order valence-corrected chi connectivity index (χ2v) is 4.58. The highest BCUT2D eigenvalue weighted by Crippen LogP contribution is 2.28. The third kappa shape index (κ3) is 1.62. The number of benzene rings is 1. The smallest absolute Gasteiger partial charge is 0.153 e. The first-order valence-corrected chi connectivity index (χ1v) is 5.77. The fraction of sp³-hybridized carbons (Fsp3) is 0.250. The molecule has 0 N–H and O–H groups in total. The molecular formula is C12H13Cl2N2+. The number of halogens is 2. The molecule has 1 aromatic carbocycles. The molecule has 0 aliphatic heterocycles. The van der Waals surface area contributed by atoms with Crippen LogP contribution >= 0.6 is 23.2 Å². The van der Waals surface area contributed by atoms with Crippen molar-refractivity contribution < 1.29 is 4.68 Å². The summed E-state index contributed by atoms with van der Waals surface area (Å²) in [6, 6.07) is 3.81. The lowest BCUT2D eigenvalue weighted by Gasteiger charge is -1.96. The fourth-order valence-corrected chi connectivity index (χ4v) is 2.29. The topological polar surface area (TPSA) is 8.81 Å². The highest BCUT2D eigenvalue weighted by atomic mass is 35.5. The third-order valence-electron chi connectivity index (χ3n) is 2.83. The largest absolute Gasteiger partial charge is 0.240 e. The molecule has 4 heteroatoms. The van der Waals surface area contributed by atoms with Crippen LogP contribution in [-0.4, -0.2) is 4.68 Å². The Labute approximate surface area is 105 Å². The first-order valence-electron chi connectivity index (χ1n) is 5.01. The normalized spacial score (nSPS) is 11.0. The van der Waals surface area contributed by atoms with Crippen LogP contribution in [0.1, 0.15) is 5.69 Å². The van der Waals surface area contributed by atoms with E-state index in [1.807, 2.05) is 25.3 Å². The highest BCUT2D eigenvalue weighted by Gasteiger charge is 2.19. The zero-order chi connectivity index (χ0) is 11.9. The average Bonchev–Trinajstić information content (AvgIpc) is 2.46. The van der Waals surface area contributed by atoms with Gasteiger partial charge in [-0.3, -0.25) is 0 Å². The van der Waals surface area contributed by atoms with Crippen LogP contribution in [0.15, 0.2) is 24.8 Å². The van der Waals surface area contributed by atoms with Crippen molar-refractivity contribution in [2.45, 2.75) is 13.5 Å². The molecule has 2 aromatic rings. The van der Waals surface area contributed by atoms with E-state index in [4.69, 9.17) is 23.2 Å². The summed E-state index contributed by atoms with van der Waals surface area (Å²) in [4.78, 5) is 0. The Morgan fingerprint density at radius 1 is 1.38 bits per heavy atom. The van der Waals surface area contributed by atoms with E-state index in [0.717, 1.165) is 23.1 Å². The van der Waals surface area contributed by atoms with Crippen LogP contribution in [0.5, 0.6) is 0 Å². The summed E-state index contributed by atoms with van der Waals surface area (Å²) in [5.74, 6) is 0. The third-order valence-corrected chi connectivity index (χ3v) is 3.55. The highest BCUT2D eigenvalue weighted by molar-refractivity contribution is 6.42. The zero-order valence-electron chi connectivity index (χ0n) is 9.30. The summed E-state index contributed by atoms with van der Waals surface area (Å²) >= 11 is 12.1. The Morgan fingerprint density at radius 3 is 2.62 bits per heavy atom. The molecule has 84 valence electrons. The molecule has 0 aliphatic rings. The Kier molecular flexibility index (Phi) is 2.96. The molecule has 0 atom stereocenters. The van der Waals surface area contributed by atoms with Crippen molar-refractivity contribution in [3.63, 3.8) is 0 Å². The van der Waals surface area contributed by atoms with Crippen LogP contribution < -0.4 is 4.68 Å². The number of aromatic nitrogens is 2. The van der Waals surface area contributed by atoms with Crippen LogP contribution in [0.25, 0.3) is 10.9 Å². The minimum absolute atomic E-state index is 0.584. The lowest BCUT2D eigenvalue weighted by Crippen LogP contribution is -2.39. The maximum atomic E-state index is 6.03. The van der Waals surface area contributed by atoms with Gasteiger partial charge in [0.1, 0.15) is 0 Å². The number of allylic oxidation sites excluding steroid dienone is 1. The summed E-state index contributed by atoms with van der Waals surface area (Å²) in [7, 11) is 2.00. The standard InChI is InChI=1S/C12H13Cl2N2/c1-4-5-16-8(2)9-6-10(13)11(14)7-12(9)15(16)3/h4,6-7H,1,5H2,2-3H3/q+1. The molecule has 1 aromatic heterocycles. The van der Waals surface area contributed by atoms with Crippen molar-refractivity contribution in [1.82, 2.24) is 4.68 Å². The van der Waals surface area contributed by atoms with E-state index in [1.54, 1.807) is 0 Å². The van der Waals surface area contributed by atoms with Crippen molar-refractivity contribution in [2.24, 2.45) is 7.05 Å². The van der Waals surface area contributed by atoms with Crippen LogP contribution in [0.2, 0.25) is 10.0 Å².